The normalized spacial score (nSPS) is 13.7. The molecule has 2 heterocycles. The summed E-state index contributed by atoms with van der Waals surface area (Å²) in [7, 11) is 1.55. The molecule has 0 bridgehead atoms. The zero-order chi connectivity index (χ0) is 22.8. The number of benzene rings is 2. The van der Waals surface area contributed by atoms with Gasteiger partial charge in [-0.3, -0.25) is 9.59 Å². The summed E-state index contributed by atoms with van der Waals surface area (Å²) in [6.07, 6.45) is 0. The Balaban J connectivity index is 1.76. The highest BCUT2D eigenvalue weighted by molar-refractivity contribution is 8.04. The van der Waals surface area contributed by atoms with Crippen LogP contribution in [0.25, 0.3) is 0 Å². The fourth-order valence-corrected chi connectivity index (χ4v) is 4.20. The highest BCUT2D eigenvalue weighted by Crippen LogP contribution is 2.37. The maximum absolute atomic E-state index is 14.5. The van der Waals surface area contributed by atoms with Crippen molar-refractivity contribution in [2.75, 3.05) is 17.3 Å². The molecule has 4 rings (SSSR count). The molecular weight excluding hydrogens is 431 g/mol. The number of ether oxygens (including phenoxy) is 1. The lowest BCUT2D eigenvalue weighted by molar-refractivity contribution is -0.120. The number of aromatic nitrogens is 2. The van der Waals surface area contributed by atoms with Gasteiger partial charge in [0, 0.05) is 17.1 Å². The van der Waals surface area contributed by atoms with Crippen molar-refractivity contribution in [3.8, 4) is 5.75 Å². The van der Waals surface area contributed by atoms with Gasteiger partial charge in [-0.15, -0.1) is 0 Å². The number of aryl methyl sites for hydroxylation is 2. The zero-order valence-corrected chi connectivity index (χ0v) is 18.4. The summed E-state index contributed by atoms with van der Waals surface area (Å²) in [6.45, 7) is 3.63. The molecule has 1 aliphatic rings. The molecule has 32 heavy (non-hydrogen) atoms. The quantitative estimate of drug-likeness (QED) is 0.444. The van der Waals surface area contributed by atoms with Gasteiger partial charge in [-0.25, -0.2) is 19.3 Å². The van der Waals surface area contributed by atoms with Crippen LogP contribution in [0, 0.1) is 19.7 Å². The smallest absolute Gasteiger partial charge is 0.283 e. The number of nitrogens with zero attached hydrogens (tertiary/aromatic N) is 3. The van der Waals surface area contributed by atoms with Crippen LogP contribution in [0.1, 0.15) is 11.4 Å². The first-order valence-corrected chi connectivity index (χ1v) is 10.5. The molecule has 0 saturated carbocycles. The Kier molecular flexibility index (Phi) is 5.91. The van der Waals surface area contributed by atoms with Gasteiger partial charge in [0.1, 0.15) is 22.2 Å². The summed E-state index contributed by atoms with van der Waals surface area (Å²) < 4.78 is 19.6. The van der Waals surface area contributed by atoms with Gasteiger partial charge in [-0.2, -0.15) is 0 Å². The molecule has 0 spiro atoms. The Hall–Kier alpha value is -3.72. The summed E-state index contributed by atoms with van der Waals surface area (Å²) in [6, 6.07) is 14.3. The fraction of sp³-hybridized carbons (Fsp3) is 0.130. The molecule has 1 aliphatic heterocycles. The second-order valence-corrected chi connectivity index (χ2v) is 7.97. The number of para-hydroxylation sites is 1. The van der Waals surface area contributed by atoms with Crippen LogP contribution >= 0.6 is 11.8 Å². The van der Waals surface area contributed by atoms with Crippen LogP contribution in [0.15, 0.2) is 70.4 Å². The molecule has 0 fully saturated rings. The summed E-state index contributed by atoms with van der Waals surface area (Å²) in [4.78, 5) is 36.2. The van der Waals surface area contributed by atoms with Gasteiger partial charge in [0.2, 0.25) is 0 Å². The molecule has 1 aromatic heterocycles. The highest BCUT2D eigenvalue weighted by Gasteiger charge is 2.41. The van der Waals surface area contributed by atoms with E-state index in [9.17, 15) is 14.0 Å². The minimum atomic E-state index is -0.674. The third-order valence-electron chi connectivity index (χ3n) is 4.65. The molecule has 0 aliphatic carbocycles. The minimum Gasteiger partial charge on any atom is -0.497 e. The number of nitrogens with one attached hydrogen (secondary N) is 1. The maximum atomic E-state index is 14.5. The third-order valence-corrected chi connectivity index (χ3v) is 5.60. The number of amides is 2. The number of methoxy groups -OCH3 is 1. The first-order chi connectivity index (χ1) is 15.4. The second kappa shape index (κ2) is 8.80. The van der Waals surface area contributed by atoms with E-state index < -0.39 is 17.6 Å². The molecule has 0 atom stereocenters. The number of thioether (sulfide) groups is 1. The van der Waals surface area contributed by atoms with Crippen molar-refractivity contribution < 1.29 is 18.7 Å². The molecule has 0 radical (unpaired) electrons. The van der Waals surface area contributed by atoms with E-state index in [-0.39, 0.29) is 16.3 Å². The van der Waals surface area contributed by atoms with Crippen molar-refractivity contribution in [2.24, 2.45) is 0 Å². The molecule has 3 aromatic rings. The zero-order valence-electron chi connectivity index (χ0n) is 17.5. The van der Waals surface area contributed by atoms with E-state index in [0.29, 0.717) is 16.6 Å². The fourth-order valence-electron chi connectivity index (χ4n) is 3.22. The summed E-state index contributed by atoms with van der Waals surface area (Å²) in [5.74, 6) is -1.34. The number of halogens is 1. The standard InChI is InChI=1S/C23H19FN4O3S/c1-13-12-14(2)26-23(25-13)32-20-19(27-15-8-10-16(31-3)11-9-15)21(29)28(22(20)30)18-7-5-4-6-17(18)24/h4-12,27H,1-3H3. The Morgan fingerprint density at radius 2 is 1.62 bits per heavy atom. The summed E-state index contributed by atoms with van der Waals surface area (Å²) >= 11 is 0.966. The highest BCUT2D eigenvalue weighted by atomic mass is 32.2. The second-order valence-electron chi connectivity index (χ2n) is 6.99. The monoisotopic (exact) mass is 450 g/mol. The van der Waals surface area contributed by atoms with Crippen molar-refractivity contribution in [1.82, 2.24) is 9.97 Å². The van der Waals surface area contributed by atoms with E-state index in [0.717, 1.165) is 28.0 Å². The van der Waals surface area contributed by atoms with Crippen LogP contribution in [-0.2, 0) is 9.59 Å². The van der Waals surface area contributed by atoms with Gasteiger partial charge in [0.05, 0.1) is 12.8 Å². The molecule has 7 nitrogen and oxygen atoms in total. The van der Waals surface area contributed by atoms with Crippen LogP contribution in [0.5, 0.6) is 5.75 Å². The van der Waals surface area contributed by atoms with Gasteiger partial charge < -0.3 is 10.1 Å². The first-order valence-electron chi connectivity index (χ1n) is 9.66. The van der Waals surface area contributed by atoms with Crippen molar-refractivity contribution >= 4 is 35.0 Å². The molecule has 2 aromatic carbocycles. The maximum Gasteiger partial charge on any atom is 0.283 e. The average Bonchev–Trinajstić information content (AvgIpc) is 2.98. The van der Waals surface area contributed by atoms with Crippen LogP contribution in [0.4, 0.5) is 15.8 Å². The van der Waals surface area contributed by atoms with Gasteiger partial charge >= 0.3 is 0 Å². The SMILES string of the molecule is COc1ccc(NC2=C(Sc3nc(C)cc(C)n3)C(=O)N(c3ccccc3F)C2=O)cc1. The van der Waals surface area contributed by atoms with Crippen LogP contribution in [-0.4, -0.2) is 28.9 Å². The largest absolute Gasteiger partial charge is 0.497 e. The molecule has 0 saturated heterocycles. The van der Waals surface area contributed by atoms with Crippen LogP contribution in [0.2, 0.25) is 0 Å². The number of carbonyl (C=O) groups is 2. The van der Waals surface area contributed by atoms with Crippen molar-refractivity contribution in [3.05, 3.63) is 82.4 Å². The predicted molar refractivity (Wildman–Crippen MR) is 120 cm³/mol. The van der Waals surface area contributed by atoms with Crippen molar-refractivity contribution in [2.45, 2.75) is 19.0 Å². The number of hydrogen-bond donors (Lipinski definition) is 1. The molecular formula is C23H19FN4O3S. The number of hydrogen-bond acceptors (Lipinski definition) is 7. The lowest BCUT2D eigenvalue weighted by Gasteiger charge is -2.16. The van der Waals surface area contributed by atoms with Crippen molar-refractivity contribution in [3.63, 3.8) is 0 Å². The predicted octanol–water partition coefficient (Wildman–Crippen LogP) is 4.23. The molecule has 1 N–H and O–H groups in total. The lowest BCUT2D eigenvalue weighted by atomic mass is 10.2. The molecule has 2 amide bonds. The Morgan fingerprint density at radius 3 is 2.25 bits per heavy atom. The Morgan fingerprint density at radius 1 is 0.969 bits per heavy atom. The van der Waals surface area contributed by atoms with Gasteiger partial charge in [-0.05, 0) is 68.1 Å². The van der Waals surface area contributed by atoms with Crippen molar-refractivity contribution in [1.29, 1.82) is 0 Å². The van der Waals surface area contributed by atoms with E-state index in [1.54, 1.807) is 37.4 Å². The topological polar surface area (TPSA) is 84.4 Å². The van der Waals surface area contributed by atoms with Crippen LogP contribution < -0.4 is 15.0 Å². The molecule has 162 valence electrons. The van der Waals surface area contributed by atoms with E-state index in [2.05, 4.69) is 15.3 Å². The Labute approximate surface area is 188 Å². The minimum absolute atomic E-state index is 0.0242. The van der Waals surface area contributed by atoms with Gasteiger partial charge in [0.15, 0.2) is 5.16 Å². The van der Waals surface area contributed by atoms with Gasteiger partial charge in [-0.1, -0.05) is 12.1 Å². The van der Waals surface area contributed by atoms with E-state index in [1.807, 2.05) is 19.9 Å². The van der Waals surface area contributed by atoms with E-state index in [4.69, 9.17) is 4.74 Å². The number of anilines is 2. The molecule has 9 heteroatoms. The Bertz CT molecular complexity index is 1220. The first kappa shape index (κ1) is 21.5. The van der Waals surface area contributed by atoms with E-state index >= 15 is 0 Å². The number of rotatable bonds is 6. The number of imide groups is 1. The van der Waals surface area contributed by atoms with E-state index in [1.165, 1.54) is 18.2 Å². The van der Waals surface area contributed by atoms with Gasteiger partial charge in [0.25, 0.3) is 11.8 Å². The number of carbonyl (C=O) groups excluding carboxylic acids is 2. The average molecular weight is 450 g/mol. The summed E-state index contributed by atoms with van der Waals surface area (Å²) in [5, 5.41) is 3.33. The lowest BCUT2D eigenvalue weighted by Crippen LogP contribution is -2.33. The summed E-state index contributed by atoms with van der Waals surface area (Å²) in [5.41, 5.74) is 1.93. The van der Waals surface area contributed by atoms with Crippen LogP contribution in [0.3, 0.4) is 0 Å². The molecule has 0 unspecified atom stereocenters. The third kappa shape index (κ3) is 4.19.